The number of pyridine rings is 2. The molecule has 1 aliphatic heterocycles. The molecule has 130 valence electrons. The summed E-state index contributed by atoms with van der Waals surface area (Å²) in [5, 5.41) is 13.3. The molecule has 3 aromatic rings. The number of nitriles is 1. The first-order chi connectivity index (χ1) is 12.8. The lowest BCUT2D eigenvalue weighted by Crippen LogP contribution is -2.47. The molecule has 1 aliphatic rings. The minimum atomic E-state index is 0.0527. The summed E-state index contributed by atoms with van der Waals surface area (Å²) < 4.78 is 0. The summed E-state index contributed by atoms with van der Waals surface area (Å²) in [6.45, 7) is 4.06. The van der Waals surface area contributed by atoms with Gasteiger partial charge in [-0.05, 0) is 30.2 Å². The highest BCUT2D eigenvalue weighted by atomic mass is 15.3. The van der Waals surface area contributed by atoms with Crippen LogP contribution < -0.4 is 10.2 Å². The first kappa shape index (κ1) is 16.2. The van der Waals surface area contributed by atoms with Crippen molar-refractivity contribution in [1.82, 2.24) is 19.9 Å². The molecule has 0 aromatic carbocycles. The second kappa shape index (κ2) is 6.92. The predicted molar refractivity (Wildman–Crippen MR) is 99.6 cm³/mol. The zero-order chi connectivity index (χ0) is 17.9. The molecule has 0 radical (unpaired) electrons. The molecule has 4 heterocycles. The van der Waals surface area contributed by atoms with Gasteiger partial charge in [0.25, 0.3) is 0 Å². The number of fused-ring (bicyclic) bond motifs is 1. The topological polar surface area (TPSA) is 90.6 Å². The Morgan fingerprint density at radius 1 is 1.19 bits per heavy atom. The fourth-order valence-corrected chi connectivity index (χ4v) is 3.08. The Bertz CT molecular complexity index is 973. The van der Waals surface area contributed by atoms with Crippen molar-refractivity contribution >= 4 is 22.8 Å². The first-order valence-corrected chi connectivity index (χ1v) is 8.72. The molecule has 0 bridgehead atoms. The zero-order valence-corrected chi connectivity index (χ0v) is 14.6. The van der Waals surface area contributed by atoms with Gasteiger partial charge >= 0.3 is 0 Å². The molecule has 4 rings (SSSR count). The van der Waals surface area contributed by atoms with E-state index in [2.05, 4.69) is 39.3 Å². The van der Waals surface area contributed by atoms with Crippen molar-refractivity contribution in [3.63, 3.8) is 0 Å². The average molecular weight is 345 g/mol. The van der Waals surface area contributed by atoms with Gasteiger partial charge in [0.05, 0.1) is 17.4 Å². The summed E-state index contributed by atoms with van der Waals surface area (Å²) in [6.07, 6.45) is 4.44. The average Bonchev–Trinajstić information content (AvgIpc) is 2.65. The van der Waals surface area contributed by atoms with E-state index < -0.39 is 0 Å². The smallest absolute Gasteiger partial charge is 0.229 e. The maximum Gasteiger partial charge on any atom is 0.229 e. The van der Waals surface area contributed by atoms with Gasteiger partial charge in [0, 0.05) is 37.7 Å². The molecular formula is C19H19N7. The largest absolute Gasteiger partial charge is 0.365 e. The van der Waals surface area contributed by atoms with Crippen molar-refractivity contribution in [2.24, 2.45) is 5.92 Å². The van der Waals surface area contributed by atoms with Crippen molar-refractivity contribution in [2.75, 3.05) is 23.3 Å². The van der Waals surface area contributed by atoms with Crippen molar-refractivity contribution in [2.45, 2.75) is 19.9 Å². The van der Waals surface area contributed by atoms with E-state index in [-0.39, 0.29) is 5.92 Å². The van der Waals surface area contributed by atoms with Gasteiger partial charge < -0.3 is 10.2 Å². The van der Waals surface area contributed by atoms with E-state index >= 15 is 0 Å². The van der Waals surface area contributed by atoms with Gasteiger partial charge in [0.15, 0.2) is 5.65 Å². The monoisotopic (exact) mass is 345 g/mol. The van der Waals surface area contributed by atoms with E-state index in [1.807, 2.05) is 29.3 Å². The van der Waals surface area contributed by atoms with Gasteiger partial charge in [0.2, 0.25) is 5.95 Å². The van der Waals surface area contributed by atoms with Crippen LogP contribution in [-0.2, 0) is 13.0 Å². The van der Waals surface area contributed by atoms with Crippen LogP contribution in [0.3, 0.4) is 0 Å². The lowest BCUT2D eigenvalue weighted by molar-refractivity contribution is 0.494. The summed E-state index contributed by atoms with van der Waals surface area (Å²) in [6, 6.07) is 10.1. The number of anilines is 2. The minimum absolute atomic E-state index is 0.0527. The summed E-state index contributed by atoms with van der Waals surface area (Å²) in [5.41, 5.74) is 2.89. The fourth-order valence-electron chi connectivity index (χ4n) is 3.08. The molecule has 0 amide bonds. The Morgan fingerprint density at radius 2 is 2.00 bits per heavy atom. The number of nitrogens with zero attached hydrogens (tertiary/aromatic N) is 6. The third kappa shape index (κ3) is 3.02. The van der Waals surface area contributed by atoms with Gasteiger partial charge in [-0.3, -0.25) is 4.98 Å². The summed E-state index contributed by atoms with van der Waals surface area (Å²) >= 11 is 0. The van der Waals surface area contributed by atoms with Crippen LogP contribution in [0.4, 0.5) is 11.8 Å². The maximum atomic E-state index is 8.99. The Morgan fingerprint density at radius 3 is 2.81 bits per heavy atom. The first-order valence-electron chi connectivity index (χ1n) is 8.72. The number of hydrogen-bond donors (Lipinski definition) is 1. The Labute approximate surface area is 151 Å². The highest BCUT2D eigenvalue weighted by Crippen LogP contribution is 2.26. The third-order valence-corrected chi connectivity index (χ3v) is 4.57. The van der Waals surface area contributed by atoms with Crippen LogP contribution in [0.1, 0.15) is 18.2 Å². The third-order valence-electron chi connectivity index (χ3n) is 4.57. The second-order valence-corrected chi connectivity index (χ2v) is 6.29. The summed E-state index contributed by atoms with van der Waals surface area (Å²) in [4.78, 5) is 20.1. The molecule has 3 aromatic heterocycles. The van der Waals surface area contributed by atoms with Crippen molar-refractivity contribution < 1.29 is 0 Å². The molecule has 0 spiro atoms. The van der Waals surface area contributed by atoms with Gasteiger partial charge in [-0.1, -0.05) is 13.0 Å². The molecule has 1 saturated heterocycles. The molecule has 0 unspecified atom stereocenters. The number of hydrogen-bond acceptors (Lipinski definition) is 7. The van der Waals surface area contributed by atoms with E-state index in [9.17, 15) is 0 Å². The van der Waals surface area contributed by atoms with E-state index in [1.54, 1.807) is 6.20 Å². The van der Waals surface area contributed by atoms with Gasteiger partial charge in [-0.2, -0.15) is 15.2 Å². The lowest BCUT2D eigenvalue weighted by atomic mass is 10.0. The highest BCUT2D eigenvalue weighted by Gasteiger charge is 2.29. The van der Waals surface area contributed by atoms with E-state index in [4.69, 9.17) is 10.2 Å². The zero-order valence-electron chi connectivity index (χ0n) is 14.6. The minimum Gasteiger partial charge on any atom is -0.365 e. The van der Waals surface area contributed by atoms with Crippen molar-refractivity contribution in [1.29, 1.82) is 5.26 Å². The van der Waals surface area contributed by atoms with Crippen LogP contribution in [0.25, 0.3) is 11.0 Å². The number of aromatic nitrogens is 4. The molecular weight excluding hydrogens is 326 g/mol. The van der Waals surface area contributed by atoms with Crippen LogP contribution in [0.15, 0.2) is 36.7 Å². The number of aryl methyl sites for hydroxylation is 1. The molecule has 0 atom stereocenters. The van der Waals surface area contributed by atoms with Crippen molar-refractivity contribution in [3.8, 4) is 6.07 Å². The molecule has 1 fully saturated rings. The van der Waals surface area contributed by atoms with Gasteiger partial charge in [-0.15, -0.1) is 0 Å². The van der Waals surface area contributed by atoms with Crippen LogP contribution in [0.5, 0.6) is 0 Å². The Balaban J connectivity index is 1.64. The molecule has 1 N–H and O–H groups in total. The van der Waals surface area contributed by atoms with E-state index in [0.29, 0.717) is 31.2 Å². The van der Waals surface area contributed by atoms with Crippen LogP contribution in [-0.4, -0.2) is 33.0 Å². The van der Waals surface area contributed by atoms with E-state index in [0.717, 1.165) is 28.9 Å². The van der Waals surface area contributed by atoms with E-state index in [1.165, 1.54) is 0 Å². The molecule has 0 saturated carbocycles. The summed E-state index contributed by atoms with van der Waals surface area (Å²) in [7, 11) is 0. The normalized spacial score (nSPS) is 14.1. The number of nitrogens with one attached hydrogen (secondary N) is 1. The van der Waals surface area contributed by atoms with Crippen LogP contribution in [0, 0.1) is 17.2 Å². The van der Waals surface area contributed by atoms with Crippen LogP contribution in [0.2, 0.25) is 0 Å². The molecule has 7 nitrogen and oxygen atoms in total. The maximum absolute atomic E-state index is 8.99. The SMILES string of the molecule is CCc1ncccc1CNc1nc(N2CC(C#N)C2)nc2ncccc12. The quantitative estimate of drug-likeness (QED) is 0.760. The fraction of sp³-hybridized carbons (Fsp3) is 0.316. The Hall–Kier alpha value is -3.27. The van der Waals surface area contributed by atoms with Gasteiger partial charge in [-0.25, -0.2) is 4.98 Å². The molecule has 26 heavy (non-hydrogen) atoms. The predicted octanol–water partition coefficient (Wildman–Crippen LogP) is 2.55. The number of rotatable bonds is 5. The van der Waals surface area contributed by atoms with Crippen LogP contribution >= 0.6 is 0 Å². The standard InChI is InChI=1S/C19H19N7/c1-2-16-14(5-3-7-21-16)10-23-18-15-6-4-8-22-17(15)24-19(25-18)26-11-13(9-20)12-26/h3-8,13H,2,10-12H2,1H3,(H,22,23,24,25). The molecule has 7 heteroatoms. The highest BCUT2D eigenvalue weighted by molar-refractivity contribution is 5.87. The summed E-state index contributed by atoms with van der Waals surface area (Å²) in [5.74, 6) is 1.42. The van der Waals surface area contributed by atoms with Gasteiger partial charge in [0.1, 0.15) is 5.82 Å². The Kier molecular flexibility index (Phi) is 4.32. The van der Waals surface area contributed by atoms with Crippen molar-refractivity contribution in [3.05, 3.63) is 47.9 Å². The second-order valence-electron chi connectivity index (χ2n) is 6.29. The molecule has 0 aliphatic carbocycles. The lowest BCUT2D eigenvalue weighted by Gasteiger charge is -2.35.